The monoisotopic (exact) mass is 482 g/mol. The Hall–Kier alpha value is -3.64. The molecule has 2 aliphatic heterocycles. The van der Waals surface area contributed by atoms with E-state index >= 15 is 0 Å². The molecule has 3 heterocycles. The summed E-state index contributed by atoms with van der Waals surface area (Å²) in [5, 5.41) is 1.27. The van der Waals surface area contributed by atoms with Crippen LogP contribution >= 0.6 is 0 Å². The van der Waals surface area contributed by atoms with Crippen molar-refractivity contribution in [2.45, 2.75) is 25.3 Å². The summed E-state index contributed by atoms with van der Waals surface area (Å²) in [5.41, 5.74) is 5.56. The second-order valence-electron chi connectivity index (χ2n) is 9.89. The zero-order valence-electron chi connectivity index (χ0n) is 20.4. The van der Waals surface area contributed by atoms with Gasteiger partial charge in [0.05, 0.1) is 6.42 Å². The van der Waals surface area contributed by atoms with E-state index < -0.39 is 0 Å². The Kier molecular flexibility index (Phi) is 6.20. The number of hydrogen-bond acceptors (Lipinski definition) is 3. The Balaban J connectivity index is 1.17. The average Bonchev–Trinajstić information content (AvgIpc) is 3.39. The number of para-hydroxylation sites is 1. The number of aryl methyl sites for hydroxylation is 1. The first-order valence-electron chi connectivity index (χ1n) is 12.8. The molecular formula is C30H31FN4O. The highest BCUT2D eigenvalue weighted by atomic mass is 19.1. The predicted molar refractivity (Wildman–Crippen MR) is 143 cm³/mol. The van der Waals surface area contributed by atoms with Crippen molar-refractivity contribution in [3.05, 3.63) is 95.9 Å². The molecule has 2 aliphatic rings. The van der Waals surface area contributed by atoms with Crippen LogP contribution in [0.25, 0.3) is 10.9 Å². The molecule has 1 aromatic heterocycles. The molecule has 4 aromatic rings. The molecule has 36 heavy (non-hydrogen) atoms. The van der Waals surface area contributed by atoms with Gasteiger partial charge >= 0.3 is 0 Å². The fourth-order valence-electron chi connectivity index (χ4n) is 5.79. The average molecular weight is 483 g/mol. The molecule has 0 bridgehead atoms. The van der Waals surface area contributed by atoms with E-state index in [-0.39, 0.29) is 24.2 Å². The first-order chi connectivity index (χ1) is 17.7. The number of nitrogens with one attached hydrogen (secondary N) is 1. The van der Waals surface area contributed by atoms with Gasteiger partial charge in [-0.05, 0) is 60.4 Å². The van der Waals surface area contributed by atoms with Crippen molar-refractivity contribution >= 4 is 28.2 Å². The number of nitrogens with zero attached hydrogens (tertiary/aromatic N) is 3. The van der Waals surface area contributed by atoms with Crippen LogP contribution in [-0.4, -0.2) is 54.6 Å². The number of rotatable bonds is 5. The fourth-order valence-corrected chi connectivity index (χ4v) is 5.79. The standard InChI is InChI=1S/C30H31FN4O/c31-24-11-8-22(9-12-24)20-30(36)35-25(13-10-23-4-1-2-6-28(23)35)21-33-16-18-34(19-17-33)29-7-3-5-27-26(29)14-15-32-27/h1-9,11-12,14-15,25,32H,10,13,16-21H2. The van der Waals surface area contributed by atoms with Gasteiger partial charge in [-0.1, -0.05) is 36.4 Å². The molecule has 0 radical (unpaired) electrons. The number of piperazine rings is 1. The highest BCUT2D eigenvalue weighted by Gasteiger charge is 2.33. The third-order valence-electron chi connectivity index (χ3n) is 7.65. The molecule has 1 unspecified atom stereocenters. The van der Waals surface area contributed by atoms with E-state index in [1.54, 1.807) is 12.1 Å². The highest BCUT2D eigenvalue weighted by molar-refractivity contribution is 5.96. The molecule has 184 valence electrons. The van der Waals surface area contributed by atoms with E-state index in [0.29, 0.717) is 0 Å². The number of aromatic amines is 1. The summed E-state index contributed by atoms with van der Waals surface area (Å²) in [7, 11) is 0. The number of H-pyrrole nitrogens is 1. The number of hydrogen-bond donors (Lipinski definition) is 1. The number of fused-ring (bicyclic) bond motifs is 2. The molecule has 6 rings (SSSR count). The SMILES string of the molecule is O=C(Cc1ccc(F)cc1)N1c2ccccc2CCC1CN1CCN(c2cccc3[nH]ccc23)CC1. The number of halogens is 1. The minimum absolute atomic E-state index is 0.0801. The van der Waals surface area contributed by atoms with Crippen LogP contribution in [0.5, 0.6) is 0 Å². The lowest BCUT2D eigenvalue weighted by atomic mass is 9.94. The quantitative estimate of drug-likeness (QED) is 0.434. The lowest BCUT2D eigenvalue weighted by Crippen LogP contribution is -2.54. The van der Waals surface area contributed by atoms with E-state index in [1.807, 2.05) is 23.2 Å². The Bertz CT molecular complexity index is 1360. The van der Waals surface area contributed by atoms with Gasteiger partial charge < -0.3 is 14.8 Å². The number of carbonyl (C=O) groups excluding carboxylic acids is 1. The maximum absolute atomic E-state index is 13.6. The topological polar surface area (TPSA) is 42.6 Å². The zero-order valence-corrected chi connectivity index (χ0v) is 20.4. The predicted octanol–water partition coefficient (Wildman–Crippen LogP) is 5.02. The normalized spacial score (nSPS) is 18.4. The van der Waals surface area contributed by atoms with E-state index in [1.165, 1.54) is 34.3 Å². The first kappa shape index (κ1) is 22.8. The summed E-state index contributed by atoms with van der Waals surface area (Å²) in [4.78, 5) is 23.9. The third-order valence-corrected chi connectivity index (χ3v) is 7.65. The molecular weight excluding hydrogens is 451 g/mol. The van der Waals surface area contributed by atoms with Gasteiger partial charge in [-0.2, -0.15) is 0 Å². The maximum Gasteiger partial charge on any atom is 0.231 e. The molecule has 1 N–H and O–H groups in total. The summed E-state index contributed by atoms with van der Waals surface area (Å²) >= 11 is 0. The van der Waals surface area contributed by atoms with Crippen molar-refractivity contribution in [3.8, 4) is 0 Å². The molecule has 6 heteroatoms. The Morgan fingerprint density at radius 1 is 0.889 bits per heavy atom. The molecule has 1 atom stereocenters. The smallest absolute Gasteiger partial charge is 0.231 e. The summed E-state index contributed by atoms with van der Waals surface area (Å²) in [6.45, 7) is 4.75. The van der Waals surface area contributed by atoms with Gasteiger partial charge in [0.1, 0.15) is 5.82 Å². The molecule has 1 amide bonds. The van der Waals surface area contributed by atoms with E-state index in [4.69, 9.17) is 0 Å². The Labute approximate surface area is 211 Å². The molecule has 1 saturated heterocycles. The van der Waals surface area contributed by atoms with Gasteiger partial charge in [-0.3, -0.25) is 9.69 Å². The summed E-state index contributed by atoms with van der Waals surface area (Å²) in [6.07, 6.45) is 4.22. The van der Waals surface area contributed by atoms with Crippen LogP contribution < -0.4 is 9.80 Å². The summed E-state index contributed by atoms with van der Waals surface area (Å²) in [5.74, 6) is -0.198. The first-order valence-corrected chi connectivity index (χ1v) is 12.8. The second-order valence-corrected chi connectivity index (χ2v) is 9.89. The third kappa shape index (κ3) is 4.49. The van der Waals surface area contributed by atoms with Gasteiger partial charge in [-0.15, -0.1) is 0 Å². The molecule has 0 saturated carbocycles. The van der Waals surface area contributed by atoms with E-state index in [9.17, 15) is 9.18 Å². The zero-order chi connectivity index (χ0) is 24.5. The molecule has 0 aliphatic carbocycles. The second kappa shape index (κ2) is 9.78. The Morgan fingerprint density at radius 3 is 2.50 bits per heavy atom. The molecule has 0 spiro atoms. The highest BCUT2D eigenvalue weighted by Crippen LogP contribution is 2.32. The van der Waals surface area contributed by atoms with Gasteiger partial charge in [0.2, 0.25) is 5.91 Å². The molecule has 5 nitrogen and oxygen atoms in total. The number of carbonyl (C=O) groups is 1. The number of anilines is 2. The fraction of sp³-hybridized carbons (Fsp3) is 0.300. The van der Waals surface area contributed by atoms with Crippen LogP contribution in [0.3, 0.4) is 0 Å². The van der Waals surface area contributed by atoms with Crippen LogP contribution in [0.4, 0.5) is 15.8 Å². The van der Waals surface area contributed by atoms with Crippen LogP contribution in [0.15, 0.2) is 79.0 Å². The van der Waals surface area contributed by atoms with Gasteiger partial charge in [-0.25, -0.2) is 4.39 Å². The summed E-state index contributed by atoms with van der Waals surface area (Å²) < 4.78 is 13.4. The molecule has 1 fully saturated rings. The number of benzene rings is 3. The van der Waals surface area contributed by atoms with Crippen LogP contribution in [0.1, 0.15) is 17.5 Å². The van der Waals surface area contributed by atoms with Crippen LogP contribution in [-0.2, 0) is 17.6 Å². The van der Waals surface area contributed by atoms with Crippen molar-refractivity contribution in [2.75, 3.05) is 42.5 Å². The van der Waals surface area contributed by atoms with E-state index in [0.717, 1.165) is 56.8 Å². The van der Waals surface area contributed by atoms with Gasteiger partial charge in [0.15, 0.2) is 0 Å². The lowest BCUT2D eigenvalue weighted by Gasteiger charge is -2.42. The maximum atomic E-state index is 13.6. The van der Waals surface area contributed by atoms with Crippen molar-refractivity contribution < 1.29 is 9.18 Å². The van der Waals surface area contributed by atoms with Crippen LogP contribution in [0.2, 0.25) is 0 Å². The number of amides is 1. The van der Waals surface area contributed by atoms with E-state index in [2.05, 4.69) is 51.2 Å². The Morgan fingerprint density at radius 2 is 1.67 bits per heavy atom. The van der Waals surface area contributed by atoms with Crippen LogP contribution in [0, 0.1) is 5.82 Å². The molecule has 3 aromatic carbocycles. The van der Waals surface area contributed by atoms with Gasteiger partial charge in [0, 0.05) is 67.2 Å². The lowest BCUT2D eigenvalue weighted by molar-refractivity contribution is -0.118. The minimum Gasteiger partial charge on any atom is -0.368 e. The van der Waals surface area contributed by atoms with Crippen molar-refractivity contribution in [1.29, 1.82) is 0 Å². The minimum atomic E-state index is -0.278. The van der Waals surface area contributed by atoms with Crippen molar-refractivity contribution in [2.24, 2.45) is 0 Å². The van der Waals surface area contributed by atoms with Gasteiger partial charge in [0.25, 0.3) is 0 Å². The van der Waals surface area contributed by atoms with Crippen molar-refractivity contribution in [1.82, 2.24) is 9.88 Å². The van der Waals surface area contributed by atoms with Crippen molar-refractivity contribution in [3.63, 3.8) is 0 Å². The number of aromatic nitrogens is 1. The summed E-state index contributed by atoms with van der Waals surface area (Å²) in [6, 6.07) is 23.3. The largest absolute Gasteiger partial charge is 0.368 e.